The third kappa shape index (κ3) is 3.98. The Hall–Kier alpha value is -2.02. The molecular weight excluding hydrogens is 277 g/mol. The molecule has 1 amide bonds. The number of nitrogens with two attached hydrogens (primary N) is 1. The lowest BCUT2D eigenvalue weighted by molar-refractivity contribution is -0.134. The van der Waals surface area contributed by atoms with E-state index < -0.39 is 5.82 Å². The van der Waals surface area contributed by atoms with Crippen molar-refractivity contribution in [3.05, 3.63) is 17.9 Å². The smallest absolute Gasteiger partial charge is 0.224 e. The summed E-state index contributed by atoms with van der Waals surface area (Å²) in [5.41, 5.74) is 6.58. The van der Waals surface area contributed by atoms with Crippen LogP contribution in [0.2, 0.25) is 0 Å². The topological polar surface area (TPSA) is 76.8 Å². The highest BCUT2D eigenvalue weighted by atomic mass is 19.1. The van der Waals surface area contributed by atoms with Crippen molar-refractivity contribution in [1.82, 2.24) is 4.90 Å². The average Bonchev–Trinajstić information content (AvgIpc) is 2.50. The number of hydrogen-bond donors (Lipinski definition) is 2. The van der Waals surface area contributed by atoms with E-state index in [1.165, 1.54) is 19.2 Å². The molecule has 0 aromatic heterocycles. The molecule has 1 heterocycles. The number of methoxy groups -OCH3 is 1. The van der Waals surface area contributed by atoms with Gasteiger partial charge in [-0.1, -0.05) is 0 Å². The number of ether oxygens (including phenoxy) is 2. The van der Waals surface area contributed by atoms with Gasteiger partial charge in [-0.25, -0.2) is 4.39 Å². The first-order valence-corrected chi connectivity index (χ1v) is 6.84. The van der Waals surface area contributed by atoms with Crippen molar-refractivity contribution in [2.24, 2.45) is 0 Å². The van der Waals surface area contributed by atoms with Gasteiger partial charge >= 0.3 is 0 Å². The molecule has 0 atom stereocenters. The van der Waals surface area contributed by atoms with Gasteiger partial charge in [-0.05, 0) is 0 Å². The quantitative estimate of drug-likeness (QED) is 0.795. The summed E-state index contributed by atoms with van der Waals surface area (Å²) in [5, 5.41) is 3.03. The Bertz CT molecular complexity index is 504. The van der Waals surface area contributed by atoms with E-state index in [2.05, 4.69) is 5.32 Å². The number of hydrogen-bond acceptors (Lipinski definition) is 5. The summed E-state index contributed by atoms with van der Waals surface area (Å²) in [4.78, 5) is 13.7. The minimum Gasteiger partial charge on any atom is -0.494 e. The van der Waals surface area contributed by atoms with Gasteiger partial charge in [0.2, 0.25) is 5.91 Å². The standard InChI is InChI=1S/C14H20FN3O3/c1-20-13-9-12(11(16)8-10(13)15)17-3-2-14(19)18-4-6-21-7-5-18/h8-9,17H,2-7,16H2,1H3. The minimum atomic E-state index is -0.509. The zero-order valence-corrected chi connectivity index (χ0v) is 12.0. The van der Waals surface area contributed by atoms with Gasteiger partial charge in [-0.15, -0.1) is 0 Å². The monoisotopic (exact) mass is 297 g/mol. The number of benzene rings is 1. The Kier molecular flexibility index (Phi) is 5.21. The Morgan fingerprint density at radius 1 is 1.48 bits per heavy atom. The van der Waals surface area contributed by atoms with Gasteiger partial charge in [-0.3, -0.25) is 4.79 Å². The average molecular weight is 297 g/mol. The van der Waals surface area contributed by atoms with E-state index in [4.69, 9.17) is 15.2 Å². The fraction of sp³-hybridized carbons (Fsp3) is 0.500. The summed E-state index contributed by atoms with van der Waals surface area (Å²) >= 11 is 0. The summed E-state index contributed by atoms with van der Waals surface area (Å²) in [6.07, 6.45) is 0.346. The molecule has 0 aliphatic carbocycles. The van der Waals surface area contributed by atoms with Crippen molar-refractivity contribution in [3.63, 3.8) is 0 Å². The SMILES string of the molecule is COc1cc(NCCC(=O)N2CCOCC2)c(N)cc1F. The number of amides is 1. The molecule has 0 unspecified atom stereocenters. The molecule has 0 spiro atoms. The van der Waals surface area contributed by atoms with Crippen LogP contribution >= 0.6 is 0 Å². The maximum Gasteiger partial charge on any atom is 0.224 e. The van der Waals surface area contributed by atoms with E-state index >= 15 is 0 Å². The lowest BCUT2D eigenvalue weighted by Gasteiger charge is -2.27. The second kappa shape index (κ2) is 7.12. The molecule has 0 radical (unpaired) electrons. The summed E-state index contributed by atoms with van der Waals surface area (Å²) < 4.78 is 23.5. The summed E-state index contributed by atoms with van der Waals surface area (Å²) in [7, 11) is 1.39. The van der Waals surface area contributed by atoms with E-state index in [-0.39, 0.29) is 17.3 Å². The molecule has 1 saturated heterocycles. The lowest BCUT2D eigenvalue weighted by Crippen LogP contribution is -2.41. The second-order valence-corrected chi connectivity index (χ2v) is 4.74. The zero-order chi connectivity index (χ0) is 15.2. The van der Waals surface area contributed by atoms with Crippen LogP contribution in [0.3, 0.4) is 0 Å². The predicted molar refractivity (Wildman–Crippen MR) is 77.9 cm³/mol. The normalized spacial score (nSPS) is 14.9. The van der Waals surface area contributed by atoms with Gasteiger partial charge < -0.3 is 25.4 Å². The Morgan fingerprint density at radius 3 is 2.86 bits per heavy atom. The van der Waals surface area contributed by atoms with Gasteiger partial charge in [0.25, 0.3) is 0 Å². The van der Waals surface area contributed by atoms with E-state index in [0.29, 0.717) is 45.0 Å². The minimum absolute atomic E-state index is 0.0680. The molecule has 2 rings (SSSR count). The van der Waals surface area contributed by atoms with E-state index in [1.807, 2.05) is 0 Å². The van der Waals surface area contributed by atoms with Gasteiger partial charge in [0.05, 0.1) is 31.7 Å². The maximum atomic E-state index is 13.4. The van der Waals surface area contributed by atoms with E-state index in [0.717, 1.165) is 0 Å². The first kappa shape index (κ1) is 15.4. The van der Waals surface area contributed by atoms with Crippen molar-refractivity contribution < 1.29 is 18.7 Å². The number of nitrogen functional groups attached to an aromatic ring is 1. The number of morpholine rings is 1. The molecule has 0 saturated carbocycles. The number of rotatable bonds is 5. The second-order valence-electron chi connectivity index (χ2n) is 4.74. The summed E-state index contributed by atoms with van der Waals surface area (Å²) in [5.74, 6) is -0.324. The van der Waals surface area contributed by atoms with Crippen LogP contribution in [-0.4, -0.2) is 50.8 Å². The molecule has 7 heteroatoms. The molecule has 1 aromatic carbocycles. The van der Waals surface area contributed by atoms with Crippen LogP contribution in [-0.2, 0) is 9.53 Å². The van der Waals surface area contributed by atoms with Crippen LogP contribution in [0.4, 0.5) is 15.8 Å². The van der Waals surface area contributed by atoms with Gasteiger partial charge in [0.15, 0.2) is 11.6 Å². The van der Waals surface area contributed by atoms with Crippen molar-refractivity contribution in [1.29, 1.82) is 0 Å². The largest absolute Gasteiger partial charge is 0.494 e. The number of nitrogens with zero attached hydrogens (tertiary/aromatic N) is 1. The number of carbonyl (C=O) groups excluding carboxylic acids is 1. The van der Waals surface area contributed by atoms with Crippen LogP contribution in [0.5, 0.6) is 5.75 Å². The fourth-order valence-corrected chi connectivity index (χ4v) is 2.15. The van der Waals surface area contributed by atoms with Crippen LogP contribution in [0.25, 0.3) is 0 Å². The van der Waals surface area contributed by atoms with E-state index in [9.17, 15) is 9.18 Å². The molecule has 0 bridgehead atoms. The highest BCUT2D eigenvalue weighted by Gasteiger charge is 2.16. The Labute approximate surface area is 123 Å². The number of anilines is 2. The molecule has 1 aliphatic heterocycles. The molecular formula is C14H20FN3O3. The Morgan fingerprint density at radius 2 is 2.19 bits per heavy atom. The van der Waals surface area contributed by atoms with Crippen LogP contribution < -0.4 is 15.8 Å². The highest BCUT2D eigenvalue weighted by Crippen LogP contribution is 2.27. The highest BCUT2D eigenvalue weighted by molar-refractivity contribution is 5.77. The van der Waals surface area contributed by atoms with Crippen molar-refractivity contribution in [2.75, 3.05) is 51.0 Å². The maximum absolute atomic E-state index is 13.4. The first-order chi connectivity index (χ1) is 10.1. The van der Waals surface area contributed by atoms with Gasteiger partial charge in [0, 0.05) is 38.2 Å². The van der Waals surface area contributed by atoms with Crippen LogP contribution in [0, 0.1) is 5.82 Å². The van der Waals surface area contributed by atoms with Crippen LogP contribution in [0.1, 0.15) is 6.42 Å². The lowest BCUT2D eigenvalue weighted by atomic mass is 10.2. The number of nitrogens with one attached hydrogen (secondary N) is 1. The predicted octanol–water partition coefficient (Wildman–Crippen LogP) is 1.08. The van der Waals surface area contributed by atoms with Gasteiger partial charge in [-0.2, -0.15) is 0 Å². The Balaban J connectivity index is 1.86. The number of halogens is 1. The molecule has 116 valence electrons. The fourth-order valence-electron chi connectivity index (χ4n) is 2.15. The number of carbonyl (C=O) groups is 1. The third-order valence-corrected chi connectivity index (χ3v) is 3.34. The van der Waals surface area contributed by atoms with Crippen molar-refractivity contribution >= 4 is 17.3 Å². The summed E-state index contributed by atoms with van der Waals surface area (Å²) in [6.45, 7) is 2.86. The molecule has 6 nitrogen and oxygen atoms in total. The van der Waals surface area contributed by atoms with Crippen molar-refractivity contribution in [2.45, 2.75) is 6.42 Å². The molecule has 1 fully saturated rings. The van der Waals surface area contributed by atoms with Crippen LogP contribution in [0.15, 0.2) is 12.1 Å². The van der Waals surface area contributed by atoms with E-state index in [1.54, 1.807) is 4.90 Å². The van der Waals surface area contributed by atoms with Gasteiger partial charge in [0.1, 0.15) is 0 Å². The molecule has 3 N–H and O–H groups in total. The molecule has 21 heavy (non-hydrogen) atoms. The first-order valence-electron chi connectivity index (χ1n) is 6.84. The molecule has 1 aromatic rings. The molecule has 1 aliphatic rings. The zero-order valence-electron chi connectivity index (χ0n) is 12.0. The summed E-state index contributed by atoms with van der Waals surface area (Å²) in [6, 6.07) is 2.69. The third-order valence-electron chi connectivity index (χ3n) is 3.34. The van der Waals surface area contributed by atoms with Crippen molar-refractivity contribution in [3.8, 4) is 5.75 Å².